The van der Waals surface area contributed by atoms with Crippen molar-refractivity contribution in [2.75, 3.05) is 0 Å². The third-order valence-corrected chi connectivity index (χ3v) is 0.942. The van der Waals surface area contributed by atoms with Crippen molar-refractivity contribution in [3.63, 3.8) is 0 Å². The molecule has 0 heterocycles. The van der Waals surface area contributed by atoms with Crippen LogP contribution in [-0.2, 0) is 4.79 Å². The lowest BCUT2D eigenvalue weighted by atomic mass is 9.90. The van der Waals surface area contributed by atoms with Crippen molar-refractivity contribution in [1.29, 1.82) is 0 Å². The predicted octanol–water partition coefficient (Wildman–Crippen LogP) is 0.893. The van der Waals surface area contributed by atoms with Crippen LogP contribution in [0.25, 0.3) is 0 Å². The lowest BCUT2D eigenvalue weighted by Gasteiger charge is -2.18. The predicted molar refractivity (Wildman–Crippen MR) is 35.8 cm³/mol. The Kier molecular flexibility index (Phi) is 2.85. The van der Waals surface area contributed by atoms with Gasteiger partial charge in [-0.15, -0.1) is 0 Å². The number of aliphatic hydroxyl groups is 1. The molecule has 0 amide bonds. The molecule has 1 atom stereocenters. The van der Waals surface area contributed by atoms with E-state index < -0.39 is 6.10 Å². The van der Waals surface area contributed by atoms with Crippen LogP contribution >= 0.6 is 0 Å². The second kappa shape index (κ2) is 2.97. The molecule has 53 valence electrons. The number of rotatable bonds is 2. The van der Waals surface area contributed by atoms with Gasteiger partial charge in [-0.1, -0.05) is 20.8 Å². The maximum Gasteiger partial charge on any atom is 0.229 e. The molecule has 0 aliphatic heterocycles. The molecule has 0 aromatic carbocycles. The van der Waals surface area contributed by atoms with Crippen molar-refractivity contribution in [1.82, 2.24) is 0 Å². The summed E-state index contributed by atoms with van der Waals surface area (Å²) in [5.41, 5.74) is 0.0107. The molecule has 1 unspecified atom stereocenters. The zero-order chi connectivity index (χ0) is 7.49. The number of aliphatic hydroxyl groups excluding tert-OH is 1. The molecule has 0 spiro atoms. The number of carbonyl (C=O) groups excluding carboxylic acids is 1. The Hall–Kier alpha value is -0.370. The van der Waals surface area contributed by atoms with Gasteiger partial charge in [-0.25, -0.2) is 0 Å². The second-order valence-corrected chi connectivity index (χ2v) is 3.40. The summed E-state index contributed by atoms with van der Waals surface area (Å²) in [6.45, 7) is 5.90. The van der Waals surface area contributed by atoms with Crippen LogP contribution in [0.15, 0.2) is 0 Å². The van der Waals surface area contributed by atoms with E-state index >= 15 is 0 Å². The third-order valence-electron chi connectivity index (χ3n) is 0.942. The maximum atomic E-state index is 9.81. The molecule has 0 rings (SSSR count). The SMILES string of the molecule is CC(C)(C)CC(O)[C]=O. The van der Waals surface area contributed by atoms with Crippen molar-refractivity contribution in [3.05, 3.63) is 0 Å². The van der Waals surface area contributed by atoms with Gasteiger partial charge in [-0.3, -0.25) is 4.79 Å². The van der Waals surface area contributed by atoms with Crippen LogP contribution in [0.1, 0.15) is 27.2 Å². The van der Waals surface area contributed by atoms with Crippen LogP contribution in [0.3, 0.4) is 0 Å². The minimum atomic E-state index is -0.912. The second-order valence-electron chi connectivity index (χ2n) is 3.40. The van der Waals surface area contributed by atoms with E-state index in [1.54, 1.807) is 0 Å². The highest BCUT2D eigenvalue weighted by Crippen LogP contribution is 2.19. The molecule has 0 saturated heterocycles. The Morgan fingerprint density at radius 2 is 2.00 bits per heavy atom. The van der Waals surface area contributed by atoms with Gasteiger partial charge in [0.05, 0.1) is 0 Å². The fourth-order valence-electron chi connectivity index (χ4n) is 0.622. The van der Waals surface area contributed by atoms with Crippen LogP contribution in [0.4, 0.5) is 0 Å². The Bertz CT molecular complexity index is 91.6. The summed E-state index contributed by atoms with van der Waals surface area (Å²) in [5.74, 6) is 0. The van der Waals surface area contributed by atoms with Gasteiger partial charge < -0.3 is 5.11 Å². The highest BCUT2D eigenvalue weighted by molar-refractivity contribution is 5.56. The van der Waals surface area contributed by atoms with E-state index in [-0.39, 0.29) is 5.41 Å². The van der Waals surface area contributed by atoms with Gasteiger partial charge >= 0.3 is 0 Å². The standard InChI is InChI=1S/C7H13O2/c1-7(2,3)4-6(9)5-8/h6,9H,4H2,1-3H3. The van der Waals surface area contributed by atoms with Gasteiger partial charge in [0.25, 0.3) is 0 Å². The Morgan fingerprint density at radius 3 is 2.11 bits per heavy atom. The van der Waals surface area contributed by atoms with E-state index in [1.807, 2.05) is 20.8 Å². The van der Waals surface area contributed by atoms with Crippen LogP contribution < -0.4 is 0 Å². The topological polar surface area (TPSA) is 37.3 Å². The summed E-state index contributed by atoms with van der Waals surface area (Å²) in [4.78, 5) is 9.81. The highest BCUT2D eigenvalue weighted by atomic mass is 16.3. The molecule has 2 heteroatoms. The monoisotopic (exact) mass is 129 g/mol. The van der Waals surface area contributed by atoms with Crippen LogP contribution in [0.5, 0.6) is 0 Å². The van der Waals surface area contributed by atoms with Crippen molar-refractivity contribution in [2.45, 2.75) is 33.3 Å². The fourth-order valence-corrected chi connectivity index (χ4v) is 0.622. The van der Waals surface area contributed by atoms with Crippen molar-refractivity contribution < 1.29 is 9.90 Å². The van der Waals surface area contributed by atoms with Crippen molar-refractivity contribution in [2.24, 2.45) is 5.41 Å². The van der Waals surface area contributed by atoms with E-state index in [1.165, 1.54) is 6.29 Å². The van der Waals surface area contributed by atoms with Gasteiger partial charge in [-0.2, -0.15) is 0 Å². The quantitative estimate of drug-likeness (QED) is 0.601. The molecule has 0 saturated carbocycles. The molecule has 0 aromatic rings. The summed E-state index contributed by atoms with van der Waals surface area (Å²) >= 11 is 0. The molecule has 9 heavy (non-hydrogen) atoms. The first-order valence-corrected chi connectivity index (χ1v) is 3.01. The van der Waals surface area contributed by atoms with Crippen molar-refractivity contribution in [3.8, 4) is 0 Å². The van der Waals surface area contributed by atoms with E-state index in [0.29, 0.717) is 6.42 Å². The lowest BCUT2D eigenvalue weighted by molar-refractivity contribution is 0.173. The smallest absolute Gasteiger partial charge is 0.229 e. The summed E-state index contributed by atoms with van der Waals surface area (Å²) in [5, 5.41) is 8.77. The molecule has 0 aromatic heterocycles. The van der Waals surface area contributed by atoms with Gasteiger partial charge in [0.2, 0.25) is 6.29 Å². The average molecular weight is 129 g/mol. The zero-order valence-corrected chi connectivity index (χ0v) is 6.14. The van der Waals surface area contributed by atoms with Gasteiger partial charge in [0.1, 0.15) is 6.10 Å². The van der Waals surface area contributed by atoms with E-state index in [2.05, 4.69) is 0 Å². The van der Waals surface area contributed by atoms with Crippen LogP contribution in [0.2, 0.25) is 0 Å². The molecule has 0 fully saturated rings. The molecule has 1 N–H and O–H groups in total. The molecule has 0 aliphatic rings. The first-order chi connectivity index (χ1) is 3.95. The van der Waals surface area contributed by atoms with Crippen LogP contribution in [-0.4, -0.2) is 17.5 Å². The van der Waals surface area contributed by atoms with E-state index in [0.717, 1.165) is 0 Å². The normalized spacial score (nSPS) is 15.1. The summed E-state index contributed by atoms with van der Waals surface area (Å²) in [7, 11) is 0. The summed E-state index contributed by atoms with van der Waals surface area (Å²) in [6.07, 6.45) is 1.10. The Balaban J connectivity index is 3.59. The molecular weight excluding hydrogens is 116 g/mol. The summed E-state index contributed by atoms with van der Waals surface area (Å²) in [6, 6.07) is 0. The third kappa shape index (κ3) is 5.50. The average Bonchev–Trinajstić information content (AvgIpc) is 1.62. The van der Waals surface area contributed by atoms with E-state index in [9.17, 15) is 4.79 Å². The lowest BCUT2D eigenvalue weighted by Crippen LogP contribution is -2.18. The number of hydrogen-bond donors (Lipinski definition) is 1. The zero-order valence-electron chi connectivity index (χ0n) is 6.14. The Morgan fingerprint density at radius 1 is 1.56 bits per heavy atom. The van der Waals surface area contributed by atoms with E-state index in [4.69, 9.17) is 5.11 Å². The van der Waals surface area contributed by atoms with Gasteiger partial charge in [0, 0.05) is 0 Å². The minimum Gasteiger partial charge on any atom is -0.385 e. The highest BCUT2D eigenvalue weighted by Gasteiger charge is 2.15. The molecule has 0 bridgehead atoms. The van der Waals surface area contributed by atoms with Gasteiger partial charge in [-0.05, 0) is 11.8 Å². The molecule has 2 nitrogen and oxygen atoms in total. The molecule has 1 radical (unpaired) electrons. The first-order valence-electron chi connectivity index (χ1n) is 3.01. The summed E-state index contributed by atoms with van der Waals surface area (Å²) < 4.78 is 0. The minimum absolute atomic E-state index is 0.0107. The molecule has 0 aliphatic carbocycles. The molecular formula is C7H13O2. The maximum absolute atomic E-state index is 9.81. The van der Waals surface area contributed by atoms with Crippen LogP contribution in [0, 0.1) is 5.41 Å². The fraction of sp³-hybridized carbons (Fsp3) is 0.857. The van der Waals surface area contributed by atoms with Crippen molar-refractivity contribution >= 4 is 6.29 Å². The largest absolute Gasteiger partial charge is 0.385 e. The first kappa shape index (κ1) is 8.63. The van der Waals surface area contributed by atoms with Gasteiger partial charge in [0.15, 0.2) is 0 Å². The number of hydrogen-bond acceptors (Lipinski definition) is 2. The Labute approximate surface area is 55.9 Å².